The second-order valence-electron chi connectivity index (χ2n) is 6.44. The van der Waals surface area contributed by atoms with E-state index in [0.717, 1.165) is 22.9 Å². The summed E-state index contributed by atoms with van der Waals surface area (Å²) in [6, 6.07) is 11.1. The fourth-order valence-corrected chi connectivity index (χ4v) is 3.66. The van der Waals surface area contributed by atoms with E-state index in [4.69, 9.17) is 0 Å². The minimum Gasteiger partial charge on any atom is -0.349 e. The number of halogens is 2. The number of hydrogen-bond acceptors (Lipinski definition) is 1. The lowest BCUT2D eigenvalue weighted by molar-refractivity contribution is -0.121. The average Bonchev–Trinajstić information content (AvgIpc) is 2.57. The van der Waals surface area contributed by atoms with Gasteiger partial charge in [-0.25, -0.2) is 4.39 Å². The van der Waals surface area contributed by atoms with Gasteiger partial charge in [0.1, 0.15) is 5.82 Å². The smallest absolute Gasteiger partial charge is 0.225 e. The maximum Gasteiger partial charge on any atom is 0.225 e. The molecule has 1 atom stereocenters. The van der Waals surface area contributed by atoms with Crippen LogP contribution in [0.3, 0.4) is 0 Å². The van der Waals surface area contributed by atoms with Crippen molar-refractivity contribution in [3.8, 4) is 0 Å². The minimum atomic E-state index is -0.352. The molecular formula is C20H21BrFNO. The zero-order chi connectivity index (χ0) is 17.1. The number of nitrogens with one attached hydrogen (secondary N) is 1. The molecule has 0 saturated heterocycles. The molecule has 1 N–H and O–H groups in total. The van der Waals surface area contributed by atoms with Gasteiger partial charge in [0.25, 0.3) is 0 Å². The summed E-state index contributed by atoms with van der Waals surface area (Å²) < 4.78 is 14.6. The number of amides is 1. The van der Waals surface area contributed by atoms with E-state index in [0.29, 0.717) is 5.56 Å². The van der Waals surface area contributed by atoms with Crippen LogP contribution in [0.15, 0.2) is 40.9 Å². The zero-order valence-corrected chi connectivity index (χ0v) is 15.3. The Hall–Kier alpha value is -1.68. The van der Waals surface area contributed by atoms with Gasteiger partial charge in [0, 0.05) is 4.47 Å². The number of aryl methyl sites for hydroxylation is 2. The molecule has 1 unspecified atom stereocenters. The van der Waals surface area contributed by atoms with Gasteiger partial charge in [-0.1, -0.05) is 34.1 Å². The average molecular weight is 390 g/mol. The van der Waals surface area contributed by atoms with E-state index < -0.39 is 0 Å². The van der Waals surface area contributed by atoms with Gasteiger partial charge in [-0.05, 0) is 73.1 Å². The summed E-state index contributed by atoms with van der Waals surface area (Å²) in [7, 11) is 0. The second-order valence-corrected chi connectivity index (χ2v) is 7.35. The molecule has 0 aromatic heterocycles. The highest BCUT2D eigenvalue weighted by atomic mass is 79.9. The number of hydrogen-bond donors (Lipinski definition) is 1. The quantitative estimate of drug-likeness (QED) is 0.792. The van der Waals surface area contributed by atoms with Gasteiger partial charge in [0.05, 0.1) is 12.5 Å². The first kappa shape index (κ1) is 17.2. The Balaban J connectivity index is 1.66. The Morgan fingerprint density at radius 1 is 1.17 bits per heavy atom. The molecule has 0 spiro atoms. The Morgan fingerprint density at radius 2 is 1.92 bits per heavy atom. The summed E-state index contributed by atoms with van der Waals surface area (Å²) in [5.41, 5.74) is 4.34. The van der Waals surface area contributed by atoms with Crippen LogP contribution >= 0.6 is 15.9 Å². The highest BCUT2D eigenvalue weighted by Gasteiger charge is 2.15. The lowest BCUT2D eigenvalue weighted by Crippen LogP contribution is -2.28. The molecule has 1 amide bonds. The predicted molar refractivity (Wildman–Crippen MR) is 97.4 cm³/mol. The summed E-state index contributed by atoms with van der Waals surface area (Å²) >= 11 is 3.31. The first-order valence-electron chi connectivity index (χ1n) is 8.38. The van der Waals surface area contributed by atoms with Gasteiger partial charge in [0.2, 0.25) is 5.91 Å². The van der Waals surface area contributed by atoms with E-state index in [1.807, 2.05) is 6.92 Å². The van der Waals surface area contributed by atoms with Gasteiger partial charge in [0.15, 0.2) is 0 Å². The molecule has 2 aromatic rings. The van der Waals surface area contributed by atoms with E-state index in [1.165, 1.54) is 30.0 Å². The Kier molecular flexibility index (Phi) is 5.34. The zero-order valence-electron chi connectivity index (χ0n) is 13.7. The van der Waals surface area contributed by atoms with E-state index in [1.54, 1.807) is 12.1 Å². The number of rotatable bonds is 4. The van der Waals surface area contributed by atoms with Gasteiger partial charge in [-0.2, -0.15) is 0 Å². The predicted octanol–water partition coefficient (Wildman–Crippen LogP) is 4.89. The Morgan fingerprint density at radius 3 is 2.71 bits per heavy atom. The van der Waals surface area contributed by atoms with Gasteiger partial charge >= 0.3 is 0 Å². The number of benzene rings is 2. The van der Waals surface area contributed by atoms with E-state index in [9.17, 15) is 9.18 Å². The van der Waals surface area contributed by atoms with Crippen LogP contribution in [0.2, 0.25) is 0 Å². The summed E-state index contributed by atoms with van der Waals surface area (Å²) in [6.45, 7) is 1.97. The minimum absolute atomic E-state index is 0.0422. The highest BCUT2D eigenvalue weighted by Crippen LogP contribution is 2.25. The van der Waals surface area contributed by atoms with Crippen LogP contribution in [-0.2, 0) is 24.1 Å². The molecule has 2 aromatic carbocycles. The lowest BCUT2D eigenvalue weighted by atomic mass is 9.89. The Bertz CT molecular complexity index is 759. The molecule has 1 aliphatic rings. The van der Waals surface area contributed by atoms with Crippen LogP contribution in [0.25, 0.3) is 0 Å². The molecule has 0 heterocycles. The fraction of sp³-hybridized carbons (Fsp3) is 0.350. The molecule has 4 heteroatoms. The van der Waals surface area contributed by atoms with Crippen molar-refractivity contribution in [1.82, 2.24) is 5.32 Å². The van der Waals surface area contributed by atoms with Crippen molar-refractivity contribution in [2.75, 3.05) is 0 Å². The van der Waals surface area contributed by atoms with Crippen molar-refractivity contribution in [3.63, 3.8) is 0 Å². The first-order valence-corrected chi connectivity index (χ1v) is 9.17. The number of carbonyl (C=O) groups excluding carboxylic acids is 1. The fourth-order valence-electron chi connectivity index (χ4n) is 3.25. The molecule has 0 saturated carbocycles. The summed E-state index contributed by atoms with van der Waals surface area (Å²) in [5, 5.41) is 2.98. The third-order valence-corrected chi connectivity index (χ3v) is 5.10. The molecule has 1 aliphatic carbocycles. The summed E-state index contributed by atoms with van der Waals surface area (Å²) in [6.07, 6.45) is 4.81. The monoisotopic (exact) mass is 389 g/mol. The maximum atomic E-state index is 13.8. The van der Waals surface area contributed by atoms with Crippen LogP contribution in [0.1, 0.15) is 48.1 Å². The largest absolute Gasteiger partial charge is 0.349 e. The van der Waals surface area contributed by atoms with Crippen LogP contribution < -0.4 is 5.32 Å². The maximum absolute atomic E-state index is 13.8. The highest BCUT2D eigenvalue weighted by molar-refractivity contribution is 9.10. The van der Waals surface area contributed by atoms with Crippen LogP contribution in [0.5, 0.6) is 0 Å². The van der Waals surface area contributed by atoms with Crippen molar-refractivity contribution >= 4 is 21.8 Å². The molecule has 0 aliphatic heterocycles. The van der Waals surface area contributed by atoms with Gasteiger partial charge in [-0.15, -0.1) is 0 Å². The van der Waals surface area contributed by atoms with Crippen molar-refractivity contribution in [2.24, 2.45) is 0 Å². The molecular weight excluding hydrogens is 369 g/mol. The van der Waals surface area contributed by atoms with Crippen molar-refractivity contribution in [3.05, 3.63) is 68.9 Å². The second kappa shape index (κ2) is 7.47. The van der Waals surface area contributed by atoms with Crippen LogP contribution in [0, 0.1) is 5.82 Å². The third-order valence-electron chi connectivity index (χ3n) is 4.61. The van der Waals surface area contributed by atoms with Crippen LogP contribution in [-0.4, -0.2) is 5.91 Å². The Labute approximate surface area is 150 Å². The van der Waals surface area contributed by atoms with Gasteiger partial charge < -0.3 is 5.32 Å². The molecule has 126 valence electrons. The SMILES string of the molecule is CC(NC(=O)Cc1cc(Br)ccc1F)c1ccc2c(c1)CCCC2. The van der Waals surface area contributed by atoms with Gasteiger partial charge in [-0.3, -0.25) is 4.79 Å². The number of carbonyl (C=O) groups is 1. The number of fused-ring (bicyclic) bond motifs is 1. The first-order chi connectivity index (χ1) is 11.5. The van der Waals surface area contributed by atoms with E-state index >= 15 is 0 Å². The van der Waals surface area contributed by atoms with Crippen molar-refractivity contribution in [1.29, 1.82) is 0 Å². The normalized spacial score (nSPS) is 14.8. The molecule has 0 radical (unpaired) electrons. The standard InChI is InChI=1S/C20H21BrFNO/c1-13(15-7-6-14-4-2-3-5-16(14)10-15)23-20(24)12-17-11-18(21)8-9-19(17)22/h6-11,13H,2-5,12H2,1H3,(H,23,24). The third kappa shape index (κ3) is 4.04. The summed E-state index contributed by atoms with van der Waals surface area (Å²) in [4.78, 5) is 12.3. The van der Waals surface area contributed by atoms with Crippen LogP contribution in [0.4, 0.5) is 4.39 Å². The molecule has 24 heavy (non-hydrogen) atoms. The van der Waals surface area contributed by atoms with E-state index in [2.05, 4.69) is 39.4 Å². The van der Waals surface area contributed by atoms with Crippen molar-refractivity contribution < 1.29 is 9.18 Å². The van der Waals surface area contributed by atoms with Crippen molar-refractivity contribution in [2.45, 2.75) is 45.1 Å². The lowest BCUT2D eigenvalue weighted by Gasteiger charge is -2.20. The topological polar surface area (TPSA) is 29.1 Å². The molecule has 0 fully saturated rings. The molecule has 0 bridgehead atoms. The molecule has 3 rings (SSSR count). The molecule has 2 nitrogen and oxygen atoms in total. The summed E-state index contributed by atoms with van der Waals surface area (Å²) in [5.74, 6) is -0.521. The van der Waals surface area contributed by atoms with E-state index in [-0.39, 0.29) is 24.2 Å².